The summed E-state index contributed by atoms with van der Waals surface area (Å²) in [4.78, 5) is 22.5. The first-order valence-corrected chi connectivity index (χ1v) is 5.50. The Kier molecular flexibility index (Phi) is 6.71. The average Bonchev–Trinajstić information content (AvgIpc) is 2.69. The fourth-order valence-corrected chi connectivity index (χ4v) is 2.06. The van der Waals surface area contributed by atoms with E-state index in [-0.39, 0.29) is 24.4 Å². The second kappa shape index (κ2) is 6.92. The fraction of sp³-hybridized carbons (Fsp3) is 0.750. The number of nitrogens with one attached hydrogen (secondary N) is 2. The van der Waals surface area contributed by atoms with Gasteiger partial charge in [0.25, 0.3) is 0 Å². The van der Waals surface area contributed by atoms with Gasteiger partial charge in [0, 0.05) is 11.6 Å². The van der Waals surface area contributed by atoms with Crippen molar-refractivity contribution < 1.29 is 14.3 Å². The molecule has 1 rings (SSSR count). The molecule has 7 heteroatoms. The molecule has 1 heterocycles. The number of carbonyl (C=O) groups excluding carboxylic acids is 2. The van der Waals surface area contributed by atoms with Gasteiger partial charge < -0.3 is 10.1 Å². The third-order valence-electron chi connectivity index (χ3n) is 1.95. The highest BCUT2D eigenvalue weighted by Gasteiger charge is 2.25. The summed E-state index contributed by atoms with van der Waals surface area (Å²) >= 11 is 1.66. The number of halogens is 1. The number of amides is 1. The Labute approximate surface area is 99.1 Å². The van der Waals surface area contributed by atoms with Crippen LogP contribution in [-0.2, 0) is 14.3 Å². The summed E-state index contributed by atoms with van der Waals surface area (Å²) in [6.07, 6.45) is 0. The van der Waals surface area contributed by atoms with E-state index in [0.717, 1.165) is 11.6 Å². The summed E-state index contributed by atoms with van der Waals surface area (Å²) in [7, 11) is 1.30. The van der Waals surface area contributed by atoms with Gasteiger partial charge >= 0.3 is 5.97 Å². The first-order valence-electron chi connectivity index (χ1n) is 4.34. The topological polar surface area (TPSA) is 67.4 Å². The minimum absolute atomic E-state index is 0. The number of hydrogen-bond donors (Lipinski definition) is 2. The molecule has 1 saturated heterocycles. The molecule has 0 aromatic carbocycles. The molecule has 0 aromatic heterocycles. The average molecular weight is 255 g/mol. The monoisotopic (exact) mass is 254 g/mol. The maximum absolute atomic E-state index is 11.5. The highest BCUT2D eigenvalue weighted by molar-refractivity contribution is 7.99. The highest BCUT2D eigenvalue weighted by atomic mass is 35.5. The van der Waals surface area contributed by atoms with Crippen LogP contribution in [0.3, 0.4) is 0 Å². The summed E-state index contributed by atoms with van der Waals surface area (Å²) in [6, 6.07) is -0.771. The summed E-state index contributed by atoms with van der Waals surface area (Å²) < 4.78 is 4.50. The largest absolute Gasteiger partial charge is 0.467 e. The van der Waals surface area contributed by atoms with Gasteiger partial charge in [-0.05, 0) is 6.92 Å². The maximum Gasteiger partial charge on any atom is 0.328 e. The lowest BCUT2D eigenvalue weighted by atomic mass is 10.2. The molecule has 1 fully saturated rings. The smallest absolute Gasteiger partial charge is 0.328 e. The van der Waals surface area contributed by atoms with Gasteiger partial charge in [-0.15, -0.1) is 24.2 Å². The molecule has 2 N–H and O–H groups in total. The highest BCUT2D eigenvalue weighted by Crippen LogP contribution is 2.09. The first kappa shape index (κ1) is 14.5. The van der Waals surface area contributed by atoms with Crippen LogP contribution in [0, 0.1) is 0 Å². The van der Waals surface area contributed by atoms with Crippen molar-refractivity contribution in [2.45, 2.75) is 19.0 Å². The van der Waals surface area contributed by atoms with Crippen LogP contribution in [0.1, 0.15) is 6.92 Å². The summed E-state index contributed by atoms with van der Waals surface area (Å²) in [5, 5.41) is 5.60. The Balaban J connectivity index is 0.00000196. The lowest BCUT2D eigenvalue weighted by molar-refractivity contribution is -0.144. The second-order valence-electron chi connectivity index (χ2n) is 3.03. The molecule has 0 bridgehead atoms. The van der Waals surface area contributed by atoms with Crippen molar-refractivity contribution in [2.75, 3.05) is 18.7 Å². The Bertz CT molecular complexity index is 234. The zero-order chi connectivity index (χ0) is 10.6. The van der Waals surface area contributed by atoms with Crippen LogP contribution in [0.15, 0.2) is 0 Å². The third kappa shape index (κ3) is 4.27. The molecule has 1 aliphatic rings. The zero-order valence-corrected chi connectivity index (χ0v) is 10.2. The Morgan fingerprint density at radius 2 is 2.27 bits per heavy atom. The number of esters is 1. The lowest BCUT2D eigenvalue weighted by Gasteiger charge is -2.14. The molecule has 1 aliphatic heterocycles. The molecule has 0 radical (unpaired) electrons. The predicted molar refractivity (Wildman–Crippen MR) is 61.1 cm³/mol. The lowest BCUT2D eigenvalue weighted by Crippen LogP contribution is -2.48. The van der Waals surface area contributed by atoms with Crippen LogP contribution in [-0.4, -0.2) is 42.7 Å². The minimum Gasteiger partial charge on any atom is -0.467 e. The van der Waals surface area contributed by atoms with Gasteiger partial charge in [-0.3, -0.25) is 10.1 Å². The van der Waals surface area contributed by atoms with Crippen molar-refractivity contribution >= 4 is 36.0 Å². The predicted octanol–water partition coefficient (Wildman–Crippen LogP) is -0.252. The van der Waals surface area contributed by atoms with Crippen molar-refractivity contribution in [1.82, 2.24) is 10.6 Å². The molecular formula is C8H15ClN2O3S. The number of methoxy groups -OCH3 is 1. The van der Waals surface area contributed by atoms with E-state index in [0.29, 0.717) is 0 Å². The molecule has 0 saturated carbocycles. The normalized spacial score (nSPS) is 21.3. The Morgan fingerprint density at radius 1 is 1.60 bits per heavy atom. The quantitative estimate of drug-likeness (QED) is 0.680. The van der Waals surface area contributed by atoms with E-state index in [9.17, 15) is 9.59 Å². The molecule has 88 valence electrons. The summed E-state index contributed by atoms with van der Waals surface area (Å²) in [5.74, 6) is 0.960. The van der Waals surface area contributed by atoms with Crippen molar-refractivity contribution in [3.8, 4) is 0 Å². The van der Waals surface area contributed by atoms with Gasteiger partial charge in [0.2, 0.25) is 5.91 Å². The van der Waals surface area contributed by atoms with Gasteiger partial charge in [0.1, 0.15) is 6.04 Å². The third-order valence-corrected chi connectivity index (χ3v) is 2.89. The van der Waals surface area contributed by atoms with Crippen molar-refractivity contribution in [3.05, 3.63) is 0 Å². The molecule has 5 nitrogen and oxygen atoms in total. The number of rotatable bonds is 3. The summed E-state index contributed by atoms with van der Waals surface area (Å²) in [6.45, 7) is 1.60. The molecular weight excluding hydrogens is 240 g/mol. The van der Waals surface area contributed by atoms with Crippen LogP contribution in [0.5, 0.6) is 0 Å². The molecule has 1 amide bonds. The number of hydrogen-bond acceptors (Lipinski definition) is 5. The summed E-state index contributed by atoms with van der Waals surface area (Å²) in [5.41, 5.74) is 0. The Morgan fingerprint density at radius 3 is 2.73 bits per heavy atom. The van der Waals surface area contributed by atoms with Crippen LogP contribution in [0.4, 0.5) is 0 Å². The van der Waals surface area contributed by atoms with Gasteiger partial charge in [0.15, 0.2) is 0 Å². The number of thioether (sulfide) groups is 1. The van der Waals surface area contributed by atoms with Gasteiger partial charge in [-0.1, -0.05) is 0 Å². The van der Waals surface area contributed by atoms with E-state index in [1.807, 2.05) is 0 Å². The van der Waals surface area contributed by atoms with Crippen LogP contribution >= 0.6 is 24.2 Å². The van der Waals surface area contributed by atoms with Gasteiger partial charge in [-0.2, -0.15) is 0 Å². The molecule has 0 unspecified atom stereocenters. The molecule has 0 aromatic rings. The molecule has 2 atom stereocenters. The van der Waals surface area contributed by atoms with Crippen molar-refractivity contribution in [1.29, 1.82) is 0 Å². The molecule has 0 spiro atoms. The van der Waals surface area contributed by atoms with Gasteiger partial charge in [0.05, 0.1) is 13.2 Å². The second-order valence-corrected chi connectivity index (χ2v) is 4.06. The van der Waals surface area contributed by atoms with E-state index in [4.69, 9.17) is 0 Å². The SMILES string of the molecule is COC(=O)[C@@H](C)NC(=O)[C@H]1CSCN1.Cl. The first-order chi connectivity index (χ1) is 6.65. The van der Waals surface area contributed by atoms with Crippen molar-refractivity contribution in [2.24, 2.45) is 0 Å². The van der Waals surface area contributed by atoms with Crippen molar-refractivity contribution in [3.63, 3.8) is 0 Å². The van der Waals surface area contributed by atoms with E-state index >= 15 is 0 Å². The number of ether oxygens (including phenoxy) is 1. The maximum atomic E-state index is 11.5. The van der Waals surface area contributed by atoms with Gasteiger partial charge in [-0.25, -0.2) is 4.79 Å². The van der Waals surface area contributed by atoms with E-state index in [1.165, 1.54) is 7.11 Å². The van der Waals surface area contributed by atoms with E-state index in [1.54, 1.807) is 18.7 Å². The van der Waals surface area contributed by atoms with E-state index in [2.05, 4.69) is 15.4 Å². The fourth-order valence-electron chi connectivity index (χ4n) is 1.11. The molecule has 15 heavy (non-hydrogen) atoms. The van der Waals surface area contributed by atoms with Crippen LogP contribution in [0.25, 0.3) is 0 Å². The van der Waals surface area contributed by atoms with Crippen LogP contribution in [0.2, 0.25) is 0 Å². The standard InChI is InChI=1S/C8H14N2O3S.ClH/c1-5(8(12)13-2)10-7(11)6-3-14-4-9-6;/h5-6,9H,3-4H2,1-2H3,(H,10,11);1H/t5-,6-;/m1./s1. The number of carbonyl (C=O) groups is 2. The Hall–Kier alpha value is -0.460. The van der Waals surface area contributed by atoms with E-state index < -0.39 is 12.0 Å². The van der Waals surface area contributed by atoms with Crippen LogP contribution < -0.4 is 10.6 Å². The molecule has 0 aliphatic carbocycles. The minimum atomic E-state index is -0.583. The zero-order valence-electron chi connectivity index (χ0n) is 8.61.